The van der Waals surface area contributed by atoms with Gasteiger partial charge in [0.15, 0.2) is 0 Å². The first-order valence-corrected chi connectivity index (χ1v) is 11.6. The topological polar surface area (TPSA) is 78.4 Å². The van der Waals surface area contributed by atoms with Crippen LogP contribution in [0.3, 0.4) is 0 Å². The normalized spacial score (nSPS) is 20.6. The van der Waals surface area contributed by atoms with Crippen LogP contribution in [0, 0.1) is 13.8 Å². The van der Waals surface area contributed by atoms with Crippen molar-refractivity contribution in [2.45, 2.75) is 44.0 Å². The average molecular weight is 416 g/mol. The first-order chi connectivity index (χ1) is 13.8. The number of likely N-dealkylation sites (N-methyl/N-ethyl adjacent to an activating group) is 1. The molecule has 0 saturated carbocycles. The van der Waals surface area contributed by atoms with Crippen molar-refractivity contribution >= 4 is 15.8 Å². The predicted octanol–water partition coefficient (Wildman–Crippen LogP) is 2.30. The summed E-state index contributed by atoms with van der Waals surface area (Å²) in [5.74, 6) is 1.65. The fraction of sp³-hybridized carbons (Fsp3) is 0.524. The van der Waals surface area contributed by atoms with Crippen molar-refractivity contribution in [2.75, 3.05) is 39.0 Å². The van der Waals surface area contributed by atoms with Gasteiger partial charge < -0.3 is 10.2 Å². The molecule has 2 aliphatic rings. The number of sulfonamides is 1. The van der Waals surface area contributed by atoms with Crippen LogP contribution in [0.4, 0.5) is 5.82 Å². The number of hydrogen-bond acceptors (Lipinski definition) is 6. The second kappa shape index (κ2) is 7.66. The number of aromatic nitrogens is 2. The third-order valence-corrected chi connectivity index (χ3v) is 8.00. The molecule has 1 atom stereocenters. The fourth-order valence-corrected chi connectivity index (χ4v) is 5.72. The number of fused-ring (bicyclic) bond motifs is 1. The summed E-state index contributed by atoms with van der Waals surface area (Å²) in [6.45, 7) is 6.67. The number of nitrogens with zero attached hydrogens (tertiary/aromatic N) is 4. The fourth-order valence-electron chi connectivity index (χ4n) is 4.14. The Kier molecular flexibility index (Phi) is 5.35. The highest BCUT2D eigenvalue weighted by Gasteiger charge is 2.35. The Morgan fingerprint density at radius 3 is 2.66 bits per heavy atom. The van der Waals surface area contributed by atoms with E-state index in [1.165, 1.54) is 0 Å². The van der Waals surface area contributed by atoms with Crippen LogP contribution in [-0.2, 0) is 23.0 Å². The van der Waals surface area contributed by atoms with Gasteiger partial charge in [-0.15, -0.1) is 0 Å². The minimum Gasteiger partial charge on any atom is -0.373 e. The van der Waals surface area contributed by atoms with E-state index in [0.717, 1.165) is 60.0 Å². The van der Waals surface area contributed by atoms with Crippen LogP contribution >= 0.6 is 0 Å². The summed E-state index contributed by atoms with van der Waals surface area (Å²) < 4.78 is 27.8. The van der Waals surface area contributed by atoms with E-state index >= 15 is 0 Å². The number of rotatable bonds is 4. The molecule has 1 fully saturated rings. The molecule has 7 nitrogen and oxygen atoms in total. The second-order valence-corrected chi connectivity index (χ2v) is 10.1. The van der Waals surface area contributed by atoms with Gasteiger partial charge in [-0.3, -0.25) is 0 Å². The molecule has 0 amide bonds. The lowest BCUT2D eigenvalue weighted by molar-refractivity contribution is 0.309. The second-order valence-electron chi connectivity index (χ2n) is 8.19. The summed E-state index contributed by atoms with van der Waals surface area (Å²) in [6, 6.07) is 5.34. The molecule has 1 saturated heterocycles. The molecule has 0 spiro atoms. The zero-order valence-electron chi connectivity index (χ0n) is 17.6. The van der Waals surface area contributed by atoms with Crippen molar-refractivity contribution in [1.82, 2.24) is 19.2 Å². The number of benzene rings is 1. The van der Waals surface area contributed by atoms with E-state index < -0.39 is 10.0 Å². The zero-order chi connectivity index (χ0) is 20.8. The highest BCUT2D eigenvalue weighted by molar-refractivity contribution is 7.89. The highest BCUT2D eigenvalue weighted by Crippen LogP contribution is 2.32. The van der Waals surface area contributed by atoms with Gasteiger partial charge in [0.1, 0.15) is 11.6 Å². The molecule has 0 aliphatic carbocycles. The van der Waals surface area contributed by atoms with Gasteiger partial charge in [-0.1, -0.05) is 6.07 Å². The Balaban J connectivity index is 1.59. The molecule has 1 unspecified atom stereocenters. The average Bonchev–Trinajstić information content (AvgIpc) is 3.20. The number of hydrogen-bond donors (Lipinski definition) is 1. The van der Waals surface area contributed by atoms with Gasteiger partial charge in [0, 0.05) is 51.1 Å². The van der Waals surface area contributed by atoms with Crippen molar-refractivity contribution in [3.8, 4) is 0 Å². The van der Waals surface area contributed by atoms with Gasteiger partial charge in [0.2, 0.25) is 10.0 Å². The molecule has 156 valence electrons. The Bertz CT molecular complexity index is 1020. The lowest BCUT2D eigenvalue weighted by Crippen LogP contribution is -2.30. The van der Waals surface area contributed by atoms with Crippen molar-refractivity contribution in [2.24, 2.45) is 0 Å². The van der Waals surface area contributed by atoms with Crippen LogP contribution in [0.15, 0.2) is 23.1 Å². The van der Waals surface area contributed by atoms with E-state index in [1.54, 1.807) is 16.4 Å². The van der Waals surface area contributed by atoms with Gasteiger partial charge in [0.05, 0.1) is 10.6 Å². The summed E-state index contributed by atoms with van der Waals surface area (Å²) in [6.07, 6.45) is 1.64. The maximum Gasteiger partial charge on any atom is 0.243 e. The summed E-state index contributed by atoms with van der Waals surface area (Å²) in [5, 5.41) is 3.21. The quantitative estimate of drug-likeness (QED) is 0.826. The highest BCUT2D eigenvalue weighted by atomic mass is 32.2. The lowest BCUT2D eigenvalue weighted by Gasteiger charge is -2.26. The van der Waals surface area contributed by atoms with Gasteiger partial charge in [-0.2, -0.15) is 4.31 Å². The maximum absolute atomic E-state index is 13.1. The first kappa shape index (κ1) is 20.3. The number of anilines is 1. The monoisotopic (exact) mass is 415 g/mol. The van der Waals surface area contributed by atoms with Crippen molar-refractivity contribution in [3.63, 3.8) is 0 Å². The standard InChI is InChI=1S/C21H29N5O2S/c1-14-5-6-17(11-15(14)2)29(27,28)26-10-7-16(12-26)20-23-19-8-9-25(4)13-18(19)21(22-3)24-20/h5-6,11,16H,7-10,12-13H2,1-4H3,(H,22,23,24). The third-order valence-electron chi connectivity index (χ3n) is 6.14. The van der Waals surface area contributed by atoms with Crippen molar-refractivity contribution < 1.29 is 8.42 Å². The third kappa shape index (κ3) is 3.76. The SMILES string of the molecule is CNc1nc(C2CCN(S(=O)(=O)c3ccc(C)c(C)c3)C2)nc2c1CN(C)CC2. The minimum absolute atomic E-state index is 0.0216. The molecule has 8 heteroatoms. The molecule has 4 rings (SSSR count). The van der Waals surface area contributed by atoms with Crippen LogP contribution < -0.4 is 5.32 Å². The molecule has 1 aromatic carbocycles. The Labute approximate surface area is 173 Å². The maximum atomic E-state index is 13.1. The van der Waals surface area contributed by atoms with Crippen LogP contribution in [0.25, 0.3) is 0 Å². The van der Waals surface area contributed by atoms with Crippen LogP contribution in [0.5, 0.6) is 0 Å². The van der Waals surface area contributed by atoms with E-state index in [-0.39, 0.29) is 5.92 Å². The van der Waals surface area contributed by atoms with Crippen LogP contribution in [-0.4, -0.2) is 61.3 Å². The van der Waals surface area contributed by atoms with E-state index in [4.69, 9.17) is 9.97 Å². The van der Waals surface area contributed by atoms with E-state index in [9.17, 15) is 8.42 Å². The smallest absolute Gasteiger partial charge is 0.243 e. The molecule has 2 aromatic rings. The van der Waals surface area contributed by atoms with E-state index in [1.807, 2.05) is 27.0 Å². The molecule has 29 heavy (non-hydrogen) atoms. The Morgan fingerprint density at radius 1 is 1.14 bits per heavy atom. The molecule has 1 N–H and O–H groups in total. The molecular weight excluding hydrogens is 386 g/mol. The molecular formula is C21H29N5O2S. The van der Waals surface area contributed by atoms with Gasteiger partial charge in [-0.05, 0) is 50.6 Å². The molecule has 0 radical (unpaired) electrons. The number of aryl methyl sites for hydroxylation is 2. The van der Waals surface area contributed by atoms with Crippen LogP contribution in [0.1, 0.15) is 40.5 Å². The Hall–Kier alpha value is -2.03. The number of nitrogens with one attached hydrogen (secondary N) is 1. The zero-order valence-corrected chi connectivity index (χ0v) is 18.4. The van der Waals surface area contributed by atoms with Gasteiger partial charge >= 0.3 is 0 Å². The molecule has 0 bridgehead atoms. The molecule has 2 aliphatic heterocycles. The summed E-state index contributed by atoms with van der Waals surface area (Å²) in [7, 11) is 0.477. The van der Waals surface area contributed by atoms with Crippen molar-refractivity contribution in [3.05, 3.63) is 46.4 Å². The summed E-state index contributed by atoms with van der Waals surface area (Å²) >= 11 is 0. The minimum atomic E-state index is -3.50. The lowest BCUT2D eigenvalue weighted by atomic mass is 10.0. The summed E-state index contributed by atoms with van der Waals surface area (Å²) in [5.41, 5.74) is 4.33. The van der Waals surface area contributed by atoms with E-state index in [0.29, 0.717) is 18.0 Å². The largest absolute Gasteiger partial charge is 0.373 e. The Morgan fingerprint density at radius 2 is 1.93 bits per heavy atom. The molecule has 3 heterocycles. The van der Waals surface area contributed by atoms with Gasteiger partial charge in [0.25, 0.3) is 0 Å². The first-order valence-electron chi connectivity index (χ1n) is 10.1. The summed E-state index contributed by atoms with van der Waals surface area (Å²) in [4.78, 5) is 12.3. The van der Waals surface area contributed by atoms with Crippen molar-refractivity contribution in [1.29, 1.82) is 0 Å². The van der Waals surface area contributed by atoms with Crippen LogP contribution in [0.2, 0.25) is 0 Å². The predicted molar refractivity (Wildman–Crippen MR) is 114 cm³/mol. The van der Waals surface area contributed by atoms with Gasteiger partial charge in [-0.25, -0.2) is 18.4 Å². The van der Waals surface area contributed by atoms with E-state index in [2.05, 4.69) is 17.3 Å². The molecule has 1 aromatic heterocycles.